The van der Waals surface area contributed by atoms with Crippen molar-refractivity contribution in [1.82, 2.24) is 5.32 Å². The van der Waals surface area contributed by atoms with E-state index in [2.05, 4.69) is 72.1 Å². The van der Waals surface area contributed by atoms with Crippen LogP contribution >= 0.6 is 22.6 Å². The largest absolute Gasteiger partial charge is 0.496 e. The molecule has 0 aromatic heterocycles. The number of halogens is 1. The molecule has 0 aliphatic heterocycles. The van der Waals surface area contributed by atoms with Crippen LogP contribution in [0.25, 0.3) is 0 Å². The number of hydrogen-bond donors (Lipinski definition) is 1. The topological polar surface area (TPSA) is 21.3 Å². The fourth-order valence-corrected chi connectivity index (χ4v) is 3.06. The zero-order chi connectivity index (χ0) is 14.5. The summed E-state index contributed by atoms with van der Waals surface area (Å²) in [6.45, 7) is 5.19. The van der Waals surface area contributed by atoms with Gasteiger partial charge in [0, 0.05) is 9.13 Å². The number of benzene rings is 2. The van der Waals surface area contributed by atoms with E-state index in [9.17, 15) is 0 Å². The summed E-state index contributed by atoms with van der Waals surface area (Å²) in [4.78, 5) is 0. The van der Waals surface area contributed by atoms with Crippen molar-refractivity contribution >= 4 is 22.6 Å². The number of para-hydroxylation sites is 1. The van der Waals surface area contributed by atoms with Gasteiger partial charge in [-0.1, -0.05) is 43.3 Å². The maximum Gasteiger partial charge on any atom is 0.123 e. The van der Waals surface area contributed by atoms with Gasteiger partial charge in [0.1, 0.15) is 5.75 Å². The van der Waals surface area contributed by atoms with Gasteiger partial charge in [0.2, 0.25) is 0 Å². The first kappa shape index (κ1) is 15.3. The number of ether oxygens (including phenoxy) is 1. The minimum absolute atomic E-state index is 0.156. The number of methoxy groups -OCH3 is 1. The zero-order valence-corrected chi connectivity index (χ0v) is 14.3. The summed E-state index contributed by atoms with van der Waals surface area (Å²) < 4.78 is 6.83. The molecule has 3 heteroatoms. The van der Waals surface area contributed by atoms with Gasteiger partial charge in [0.05, 0.1) is 13.2 Å². The highest BCUT2D eigenvalue weighted by atomic mass is 127. The molecule has 2 rings (SSSR count). The Hall–Kier alpha value is -1.07. The van der Waals surface area contributed by atoms with Gasteiger partial charge in [0.15, 0.2) is 0 Å². The van der Waals surface area contributed by atoms with Crippen LogP contribution in [0.1, 0.15) is 29.7 Å². The highest BCUT2D eigenvalue weighted by molar-refractivity contribution is 14.1. The van der Waals surface area contributed by atoms with Gasteiger partial charge in [-0.3, -0.25) is 0 Å². The molecule has 0 heterocycles. The average molecular weight is 381 g/mol. The van der Waals surface area contributed by atoms with Crippen molar-refractivity contribution in [3.63, 3.8) is 0 Å². The van der Waals surface area contributed by atoms with Crippen LogP contribution in [0, 0.1) is 10.5 Å². The zero-order valence-electron chi connectivity index (χ0n) is 12.1. The van der Waals surface area contributed by atoms with E-state index < -0.39 is 0 Å². The summed E-state index contributed by atoms with van der Waals surface area (Å²) in [5.74, 6) is 0.927. The van der Waals surface area contributed by atoms with E-state index in [1.165, 1.54) is 20.3 Å². The van der Waals surface area contributed by atoms with Crippen molar-refractivity contribution in [3.8, 4) is 5.75 Å². The minimum Gasteiger partial charge on any atom is -0.496 e. The van der Waals surface area contributed by atoms with Crippen LogP contribution in [-0.2, 0) is 0 Å². The van der Waals surface area contributed by atoms with E-state index in [1.54, 1.807) is 7.11 Å². The van der Waals surface area contributed by atoms with Crippen LogP contribution in [-0.4, -0.2) is 13.7 Å². The smallest absolute Gasteiger partial charge is 0.123 e. The Morgan fingerprint density at radius 1 is 1.10 bits per heavy atom. The van der Waals surface area contributed by atoms with Crippen molar-refractivity contribution < 1.29 is 4.74 Å². The monoisotopic (exact) mass is 381 g/mol. The van der Waals surface area contributed by atoms with E-state index in [0.717, 1.165) is 12.3 Å². The molecule has 0 saturated heterocycles. The van der Waals surface area contributed by atoms with Crippen LogP contribution < -0.4 is 10.1 Å². The molecule has 0 radical (unpaired) electrons. The normalized spacial score (nSPS) is 12.2. The molecule has 2 nitrogen and oxygen atoms in total. The second kappa shape index (κ2) is 7.09. The molecule has 0 aliphatic carbocycles. The van der Waals surface area contributed by atoms with E-state index in [-0.39, 0.29) is 6.04 Å². The first-order valence-electron chi connectivity index (χ1n) is 6.80. The second-order valence-electron chi connectivity index (χ2n) is 4.71. The van der Waals surface area contributed by atoms with E-state index >= 15 is 0 Å². The first-order chi connectivity index (χ1) is 9.69. The second-order valence-corrected chi connectivity index (χ2v) is 5.79. The molecule has 0 bridgehead atoms. The molecule has 1 unspecified atom stereocenters. The average Bonchev–Trinajstić information content (AvgIpc) is 2.48. The maximum absolute atomic E-state index is 5.52. The molecule has 0 amide bonds. The SMILES string of the molecule is CCNC(c1ccccc1OC)c1cccc(C)c1I. The van der Waals surface area contributed by atoms with Crippen LogP contribution in [0.2, 0.25) is 0 Å². The van der Waals surface area contributed by atoms with E-state index in [1.807, 2.05) is 12.1 Å². The van der Waals surface area contributed by atoms with Crippen molar-refractivity contribution in [1.29, 1.82) is 0 Å². The Labute approximate surface area is 134 Å². The third kappa shape index (κ3) is 3.15. The van der Waals surface area contributed by atoms with E-state index in [4.69, 9.17) is 4.74 Å². The quantitative estimate of drug-likeness (QED) is 0.780. The summed E-state index contributed by atoms with van der Waals surface area (Å²) in [5.41, 5.74) is 3.79. The lowest BCUT2D eigenvalue weighted by Crippen LogP contribution is -2.23. The Kier molecular flexibility index (Phi) is 5.43. The number of aryl methyl sites for hydroxylation is 1. The van der Waals surface area contributed by atoms with Crippen molar-refractivity contribution in [2.24, 2.45) is 0 Å². The van der Waals surface area contributed by atoms with E-state index in [0.29, 0.717) is 0 Å². The van der Waals surface area contributed by atoms with Crippen molar-refractivity contribution in [2.75, 3.05) is 13.7 Å². The molecule has 0 aliphatic rings. The van der Waals surface area contributed by atoms with Gasteiger partial charge >= 0.3 is 0 Å². The molecule has 20 heavy (non-hydrogen) atoms. The van der Waals surface area contributed by atoms with Crippen molar-refractivity contribution in [2.45, 2.75) is 19.9 Å². The van der Waals surface area contributed by atoms with Gasteiger partial charge < -0.3 is 10.1 Å². The van der Waals surface area contributed by atoms with Gasteiger partial charge in [-0.25, -0.2) is 0 Å². The highest BCUT2D eigenvalue weighted by Crippen LogP contribution is 2.33. The van der Waals surface area contributed by atoms with Gasteiger partial charge in [-0.05, 0) is 53.3 Å². The predicted molar refractivity (Wildman–Crippen MR) is 92.4 cm³/mol. The maximum atomic E-state index is 5.52. The Balaban J connectivity index is 2.53. The van der Waals surface area contributed by atoms with Crippen LogP contribution in [0.15, 0.2) is 42.5 Å². The lowest BCUT2D eigenvalue weighted by molar-refractivity contribution is 0.404. The summed E-state index contributed by atoms with van der Waals surface area (Å²) in [7, 11) is 1.73. The summed E-state index contributed by atoms with van der Waals surface area (Å²) in [6, 6.07) is 14.8. The highest BCUT2D eigenvalue weighted by Gasteiger charge is 2.19. The standard InChI is InChI=1S/C17H20INO/c1-4-19-17(13-9-5-6-11-15(13)20-3)14-10-7-8-12(2)16(14)18/h5-11,17,19H,4H2,1-3H3. The number of hydrogen-bond acceptors (Lipinski definition) is 2. The molecule has 0 spiro atoms. The first-order valence-corrected chi connectivity index (χ1v) is 7.88. The minimum atomic E-state index is 0.156. The Bertz CT molecular complexity index is 583. The Morgan fingerprint density at radius 3 is 2.50 bits per heavy atom. The molecule has 0 fully saturated rings. The van der Waals surface area contributed by atoms with Gasteiger partial charge in [-0.15, -0.1) is 0 Å². The lowest BCUT2D eigenvalue weighted by Gasteiger charge is -2.23. The molecule has 1 atom stereocenters. The molecular formula is C17H20INO. The molecule has 2 aromatic rings. The predicted octanol–water partition coefficient (Wildman–Crippen LogP) is 4.31. The molecule has 1 N–H and O–H groups in total. The third-order valence-electron chi connectivity index (χ3n) is 3.39. The van der Waals surface area contributed by atoms with Crippen LogP contribution in [0.4, 0.5) is 0 Å². The number of rotatable bonds is 5. The fourth-order valence-electron chi connectivity index (χ4n) is 2.39. The third-order valence-corrected chi connectivity index (χ3v) is 4.86. The van der Waals surface area contributed by atoms with Gasteiger partial charge in [0.25, 0.3) is 0 Å². The van der Waals surface area contributed by atoms with Crippen LogP contribution in [0.3, 0.4) is 0 Å². The lowest BCUT2D eigenvalue weighted by atomic mass is 9.96. The molecular weight excluding hydrogens is 361 g/mol. The summed E-state index contributed by atoms with van der Waals surface area (Å²) in [5, 5.41) is 3.57. The molecule has 106 valence electrons. The Morgan fingerprint density at radius 2 is 1.80 bits per heavy atom. The molecule has 2 aromatic carbocycles. The van der Waals surface area contributed by atoms with Crippen LogP contribution in [0.5, 0.6) is 5.75 Å². The summed E-state index contributed by atoms with van der Waals surface area (Å²) >= 11 is 2.43. The molecule has 0 saturated carbocycles. The summed E-state index contributed by atoms with van der Waals surface area (Å²) in [6.07, 6.45) is 0. The van der Waals surface area contributed by atoms with Crippen molar-refractivity contribution in [3.05, 3.63) is 62.7 Å². The van der Waals surface area contributed by atoms with Gasteiger partial charge in [-0.2, -0.15) is 0 Å². The fraction of sp³-hybridized carbons (Fsp3) is 0.294. The number of nitrogens with one attached hydrogen (secondary N) is 1.